The fourth-order valence-corrected chi connectivity index (χ4v) is 1.48. The van der Waals surface area contributed by atoms with Crippen LogP contribution in [-0.2, 0) is 9.53 Å². The quantitative estimate of drug-likeness (QED) is 0.475. The molecule has 0 atom stereocenters. The summed E-state index contributed by atoms with van der Waals surface area (Å²) in [5, 5.41) is 0. The number of carbonyl (C=O) groups excluding carboxylic acids is 1. The van der Waals surface area contributed by atoms with Crippen LogP contribution in [0.2, 0.25) is 0 Å². The number of esters is 1. The second-order valence-electron chi connectivity index (χ2n) is 2.82. The minimum Gasteiger partial charge on any atom is -0.425 e. The van der Waals surface area contributed by atoms with Crippen LogP contribution in [0.15, 0.2) is 33.9 Å². The average molecular weight is 302 g/mol. The lowest BCUT2D eigenvalue weighted by atomic mass is 10.2. The van der Waals surface area contributed by atoms with E-state index in [2.05, 4.69) is 22.6 Å². The van der Waals surface area contributed by atoms with Gasteiger partial charge in [0.25, 0.3) is 0 Å². The van der Waals surface area contributed by atoms with Gasteiger partial charge in [0.2, 0.25) is 0 Å². The summed E-state index contributed by atoms with van der Waals surface area (Å²) in [5.41, 5.74) is 0.926. The van der Waals surface area contributed by atoms with Crippen LogP contribution in [0.1, 0.15) is 19.4 Å². The fourth-order valence-electron chi connectivity index (χ4n) is 1.06. The van der Waals surface area contributed by atoms with Gasteiger partial charge in [-0.25, -0.2) is 0 Å². The highest BCUT2D eigenvalue weighted by Crippen LogP contribution is 2.23. The van der Waals surface area contributed by atoms with Gasteiger partial charge in [-0.3, -0.25) is 4.79 Å². The molecule has 0 fully saturated rings. The van der Waals surface area contributed by atoms with E-state index < -0.39 is 0 Å². The number of benzene rings is 1. The zero-order chi connectivity index (χ0) is 10.6. The number of rotatable bonds is 2. The molecule has 0 radical (unpaired) electrons. The van der Waals surface area contributed by atoms with Gasteiger partial charge in [0.1, 0.15) is 5.76 Å². The minimum atomic E-state index is -0.292. The zero-order valence-corrected chi connectivity index (χ0v) is 10.2. The van der Waals surface area contributed by atoms with Crippen molar-refractivity contribution in [3.05, 3.63) is 39.5 Å². The Morgan fingerprint density at radius 2 is 1.79 bits per heavy atom. The van der Waals surface area contributed by atoms with Crippen LogP contribution >= 0.6 is 22.6 Å². The molecule has 0 N–H and O–H groups in total. The van der Waals surface area contributed by atoms with Gasteiger partial charge in [-0.15, -0.1) is 0 Å². The number of hydrogen-bond acceptors (Lipinski definition) is 2. The molecule has 3 heteroatoms. The van der Waals surface area contributed by atoms with Crippen molar-refractivity contribution in [3.63, 3.8) is 0 Å². The molecule has 1 aromatic carbocycles. The fraction of sp³-hybridized carbons (Fsp3) is 0.182. The van der Waals surface area contributed by atoms with Crippen LogP contribution < -0.4 is 0 Å². The summed E-state index contributed by atoms with van der Waals surface area (Å²) in [4.78, 5) is 10.9. The Bertz CT molecular complexity index is 351. The van der Waals surface area contributed by atoms with Gasteiger partial charge in [-0.1, -0.05) is 30.3 Å². The Kier molecular flexibility index (Phi) is 4.13. The molecular formula is C11H11IO2. The molecule has 1 aromatic rings. The molecular weight excluding hydrogens is 291 g/mol. The molecule has 0 spiro atoms. The Labute approximate surface area is 97.1 Å². The topological polar surface area (TPSA) is 26.3 Å². The van der Waals surface area contributed by atoms with Gasteiger partial charge in [0.15, 0.2) is 0 Å². The number of halogens is 1. The SMILES string of the molecule is CC(=O)O/C(=C(\C)I)c1ccccc1. The molecule has 74 valence electrons. The molecule has 0 unspecified atom stereocenters. The second-order valence-corrected chi connectivity index (χ2v) is 4.44. The van der Waals surface area contributed by atoms with Gasteiger partial charge in [-0.05, 0) is 29.5 Å². The third-order valence-electron chi connectivity index (χ3n) is 1.59. The van der Waals surface area contributed by atoms with E-state index in [1.165, 1.54) is 6.92 Å². The highest BCUT2D eigenvalue weighted by atomic mass is 127. The van der Waals surface area contributed by atoms with Gasteiger partial charge >= 0.3 is 5.97 Å². The smallest absolute Gasteiger partial charge is 0.308 e. The summed E-state index contributed by atoms with van der Waals surface area (Å²) in [6.45, 7) is 3.31. The summed E-state index contributed by atoms with van der Waals surface area (Å²) < 4.78 is 6.09. The van der Waals surface area contributed by atoms with E-state index in [0.29, 0.717) is 5.76 Å². The normalized spacial score (nSPS) is 11.9. The van der Waals surface area contributed by atoms with Crippen molar-refractivity contribution in [2.75, 3.05) is 0 Å². The first kappa shape index (κ1) is 11.2. The van der Waals surface area contributed by atoms with E-state index in [-0.39, 0.29) is 5.97 Å². The van der Waals surface area contributed by atoms with Gasteiger partial charge in [0.05, 0.1) is 0 Å². The van der Waals surface area contributed by atoms with E-state index in [9.17, 15) is 4.79 Å². The van der Waals surface area contributed by atoms with Crippen molar-refractivity contribution in [1.29, 1.82) is 0 Å². The molecule has 0 aliphatic heterocycles. The van der Waals surface area contributed by atoms with Crippen LogP contribution in [0.3, 0.4) is 0 Å². The Hall–Kier alpha value is -0.840. The molecule has 1 rings (SSSR count). The zero-order valence-electron chi connectivity index (χ0n) is 8.08. The molecule has 0 heterocycles. The van der Waals surface area contributed by atoms with Gasteiger partial charge < -0.3 is 4.74 Å². The van der Waals surface area contributed by atoms with E-state index >= 15 is 0 Å². The van der Waals surface area contributed by atoms with Crippen molar-refractivity contribution in [2.45, 2.75) is 13.8 Å². The molecule has 0 aliphatic rings. The van der Waals surface area contributed by atoms with Crippen molar-refractivity contribution in [3.8, 4) is 0 Å². The van der Waals surface area contributed by atoms with Crippen molar-refractivity contribution < 1.29 is 9.53 Å². The molecule has 0 saturated carbocycles. The third-order valence-corrected chi connectivity index (χ3v) is 2.08. The lowest BCUT2D eigenvalue weighted by Gasteiger charge is -2.08. The highest BCUT2D eigenvalue weighted by molar-refractivity contribution is 14.1. The Balaban J connectivity index is 3.03. The molecule has 0 amide bonds. The second kappa shape index (κ2) is 5.14. The van der Waals surface area contributed by atoms with Crippen LogP contribution in [0.4, 0.5) is 0 Å². The van der Waals surface area contributed by atoms with E-state index in [1.807, 2.05) is 37.3 Å². The van der Waals surface area contributed by atoms with Crippen LogP contribution in [0.25, 0.3) is 5.76 Å². The van der Waals surface area contributed by atoms with E-state index in [4.69, 9.17) is 4.74 Å². The first-order valence-corrected chi connectivity index (χ1v) is 5.29. The van der Waals surface area contributed by atoms with E-state index in [1.54, 1.807) is 0 Å². The molecule has 2 nitrogen and oxygen atoms in total. The largest absolute Gasteiger partial charge is 0.425 e. The lowest BCUT2D eigenvalue weighted by molar-refractivity contribution is -0.134. The van der Waals surface area contributed by atoms with Crippen molar-refractivity contribution >= 4 is 34.3 Å². The predicted octanol–water partition coefficient (Wildman–Crippen LogP) is 3.37. The predicted molar refractivity (Wildman–Crippen MR) is 64.8 cm³/mol. The number of ether oxygens (including phenoxy) is 1. The molecule has 0 aromatic heterocycles. The van der Waals surface area contributed by atoms with Crippen LogP contribution in [-0.4, -0.2) is 5.97 Å². The number of hydrogen-bond donors (Lipinski definition) is 0. The first-order chi connectivity index (χ1) is 6.61. The van der Waals surface area contributed by atoms with Crippen molar-refractivity contribution in [1.82, 2.24) is 0 Å². The standard InChI is InChI=1S/C11H11IO2/c1-8(12)11(14-9(2)13)10-6-4-3-5-7-10/h3-7H,1-2H3/b11-8+. The number of carbonyl (C=O) groups is 1. The molecule has 0 aliphatic carbocycles. The summed E-state index contributed by atoms with van der Waals surface area (Å²) in [6, 6.07) is 9.59. The summed E-state index contributed by atoms with van der Waals surface area (Å²) in [5.74, 6) is 0.346. The summed E-state index contributed by atoms with van der Waals surface area (Å²) >= 11 is 2.14. The Morgan fingerprint density at radius 1 is 1.21 bits per heavy atom. The van der Waals surface area contributed by atoms with Crippen LogP contribution in [0, 0.1) is 0 Å². The lowest BCUT2D eigenvalue weighted by Crippen LogP contribution is -1.99. The minimum absolute atomic E-state index is 0.292. The molecule has 14 heavy (non-hydrogen) atoms. The maximum atomic E-state index is 10.9. The monoisotopic (exact) mass is 302 g/mol. The number of allylic oxidation sites excluding steroid dienone is 1. The third kappa shape index (κ3) is 3.14. The van der Waals surface area contributed by atoms with Gasteiger partial charge in [0, 0.05) is 16.1 Å². The summed E-state index contributed by atoms with van der Waals surface area (Å²) in [6.07, 6.45) is 0. The van der Waals surface area contributed by atoms with Crippen LogP contribution in [0.5, 0.6) is 0 Å². The van der Waals surface area contributed by atoms with E-state index in [0.717, 1.165) is 9.14 Å². The Morgan fingerprint density at radius 3 is 2.21 bits per heavy atom. The summed E-state index contributed by atoms with van der Waals surface area (Å²) in [7, 11) is 0. The highest BCUT2D eigenvalue weighted by Gasteiger charge is 2.07. The maximum absolute atomic E-state index is 10.9. The van der Waals surface area contributed by atoms with Gasteiger partial charge in [-0.2, -0.15) is 0 Å². The average Bonchev–Trinajstić information content (AvgIpc) is 2.15. The molecule has 0 saturated heterocycles. The first-order valence-electron chi connectivity index (χ1n) is 4.21. The maximum Gasteiger partial charge on any atom is 0.308 e. The molecule has 0 bridgehead atoms. The van der Waals surface area contributed by atoms with Crippen molar-refractivity contribution in [2.24, 2.45) is 0 Å².